The van der Waals surface area contributed by atoms with Gasteiger partial charge in [0.2, 0.25) is 6.41 Å². The third kappa shape index (κ3) is 14.1. The van der Waals surface area contributed by atoms with E-state index in [4.69, 9.17) is 10.6 Å². The molecule has 46 heavy (non-hydrogen) atoms. The van der Waals surface area contributed by atoms with Crippen LogP contribution in [0.3, 0.4) is 0 Å². The van der Waals surface area contributed by atoms with Gasteiger partial charge in [-0.25, -0.2) is 15.2 Å². The van der Waals surface area contributed by atoms with Gasteiger partial charge in [-0.15, -0.1) is 11.3 Å². The molecule has 1 aromatic carbocycles. The molecule has 0 fully saturated rings. The number of hydrogen-bond donors (Lipinski definition) is 3. The Kier molecular flexibility index (Phi) is 20.6. The Bertz CT molecular complexity index is 1460. The molecule has 4 rings (SSSR count). The Morgan fingerprint density at radius 2 is 2.04 bits per heavy atom. The highest BCUT2D eigenvalue weighted by Crippen LogP contribution is 2.27. The van der Waals surface area contributed by atoms with Crippen LogP contribution in [0.2, 0.25) is 0 Å². The average Bonchev–Trinajstić information content (AvgIpc) is 3.68. The number of hydrazine groups is 1. The second-order valence-corrected chi connectivity index (χ2v) is 10.2. The number of rotatable bonds is 14. The van der Waals surface area contributed by atoms with Crippen LogP contribution >= 0.6 is 11.3 Å². The van der Waals surface area contributed by atoms with E-state index >= 15 is 0 Å². The molecule has 8 nitrogen and oxygen atoms in total. The van der Waals surface area contributed by atoms with Crippen molar-refractivity contribution in [1.29, 1.82) is 0 Å². The summed E-state index contributed by atoms with van der Waals surface area (Å²) in [4.78, 5) is 18.5. The molecular weight excluding hydrogens is 601 g/mol. The van der Waals surface area contributed by atoms with Crippen LogP contribution in [0, 0.1) is 6.92 Å². The lowest BCUT2D eigenvalue weighted by atomic mass is 10.0. The maximum Gasteiger partial charge on any atom is 0.207 e. The molecule has 0 radical (unpaired) electrons. The second kappa shape index (κ2) is 23.9. The number of anilines is 1. The number of methoxy groups -OCH3 is 1. The van der Waals surface area contributed by atoms with E-state index in [2.05, 4.69) is 70.0 Å². The Hall–Kier alpha value is -4.41. The van der Waals surface area contributed by atoms with Crippen LogP contribution in [-0.2, 0) is 27.1 Å². The number of nitrogens with zero attached hydrogens (tertiary/aromatic N) is 2. The maximum absolute atomic E-state index is 12.1. The van der Waals surface area contributed by atoms with Crippen molar-refractivity contribution in [2.75, 3.05) is 31.8 Å². The summed E-state index contributed by atoms with van der Waals surface area (Å²) >= 11 is 1.51. The minimum Gasteiger partial charge on any atom is -0.504 e. The zero-order valence-electron chi connectivity index (χ0n) is 28.0. The molecule has 0 saturated carbocycles. The van der Waals surface area contributed by atoms with Gasteiger partial charge < -0.3 is 19.8 Å². The first-order valence-corrected chi connectivity index (χ1v) is 16.4. The van der Waals surface area contributed by atoms with Gasteiger partial charge in [0.25, 0.3) is 0 Å². The molecule has 2 heterocycles. The molecule has 0 spiro atoms. The van der Waals surface area contributed by atoms with Gasteiger partial charge in [0.15, 0.2) is 5.13 Å². The van der Waals surface area contributed by atoms with E-state index in [1.807, 2.05) is 39.2 Å². The highest BCUT2D eigenvalue weighted by Gasteiger charge is 2.13. The van der Waals surface area contributed by atoms with Crippen molar-refractivity contribution in [1.82, 2.24) is 15.3 Å². The lowest BCUT2D eigenvalue weighted by Gasteiger charge is -2.16. The molecule has 0 atom stereocenters. The first kappa shape index (κ1) is 39.6. The van der Waals surface area contributed by atoms with Gasteiger partial charge in [0, 0.05) is 47.6 Å². The quantitative estimate of drug-likeness (QED) is 0.0406. The first-order valence-electron chi connectivity index (χ1n) is 15.5. The van der Waals surface area contributed by atoms with E-state index in [0.29, 0.717) is 19.7 Å². The molecule has 10 heteroatoms. The maximum atomic E-state index is 12.1. The third-order valence-electron chi connectivity index (χ3n) is 6.22. The van der Waals surface area contributed by atoms with Crippen LogP contribution in [0.1, 0.15) is 50.9 Å². The predicted octanol–water partition coefficient (Wildman–Crippen LogP) is 8.17. The van der Waals surface area contributed by atoms with Crippen LogP contribution in [0.25, 0.3) is 10.9 Å². The molecule has 2 aromatic heterocycles. The Morgan fingerprint density at radius 3 is 2.72 bits per heavy atom. The van der Waals surface area contributed by atoms with Gasteiger partial charge in [0.1, 0.15) is 12.4 Å². The third-order valence-corrected chi connectivity index (χ3v) is 7.03. The smallest absolute Gasteiger partial charge is 0.207 e. The summed E-state index contributed by atoms with van der Waals surface area (Å²) in [6.45, 7) is 15.0. The standard InChI is InChI=1S/C25H29N5O2S.C7H9FO.2C2H6/c1-18-5-8-23-22(15-18)21(9-10-27-17-31)24(29-23)16-19-3-2-4-20(7-6-19)32-13-12-30(26)25-28-11-14-33-25;1-3-7(8)5-4-6-9-2;2*1-2/h2-3,5-8,11,14-15,17,29H,4,9-10,12-13,16,26H2,1H3,(H,27,31);3-6H,1H2,2H3;2*1-2H3/b;6-4+,7-5+;;. The minimum absolute atomic E-state index is 0.372. The van der Waals surface area contributed by atoms with Crippen molar-refractivity contribution in [3.05, 3.63) is 119 Å². The number of ether oxygens (including phenoxy) is 2. The first-order chi connectivity index (χ1) is 22.4. The Balaban J connectivity index is 0.000000697. The van der Waals surface area contributed by atoms with Crippen molar-refractivity contribution in [3.63, 3.8) is 0 Å². The SMILES string of the molecule is C=C/C(F)=C\C=C\OC.CC.CC.Cc1ccc2[nH]c(CC3=CC=C(OCCN(N)c4nccs4)CC=C3)c(CCNC=O)c2c1. The summed E-state index contributed by atoms with van der Waals surface area (Å²) in [5.74, 6) is 6.56. The van der Waals surface area contributed by atoms with E-state index in [0.717, 1.165) is 48.2 Å². The Morgan fingerprint density at radius 1 is 1.26 bits per heavy atom. The van der Waals surface area contributed by atoms with E-state index < -0.39 is 0 Å². The lowest BCUT2D eigenvalue weighted by molar-refractivity contribution is -0.109. The summed E-state index contributed by atoms with van der Waals surface area (Å²) in [6.07, 6.45) is 18.5. The van der Waals surface area contributed by atoms with Crippen molar-refractivity contribution >= 4 is 33.8 Å². The van der Waals surface area contributed by atoms with Crippen LogP contribution in [-0.4, -0.2) is 43.2 Å². The number of amides is 1. The normalized spacial score (nSPS) is 12.2. The van der Waals surface area contributed by atoms with E-state index in [1.165, 1.54) is 64.6 Å². The van der Waals surface area contributed by atoms with Gasteiger partial charge in [0.05, 0.1) is 25.7 Å². The number of fused-ring (bicyclic) bond motifs is 1. The largest absolute Gasteiger partial charge is 0.504 e. The molecule has 3 aromatic rings. The number of benzene rings is 1. The number of H-pyrrole nitrogens is 1. The molecule has 0 bridgehead atoms. The van der Waals surface area contributed by atoms with Crippen molar-refractivity contribution in [2.24, 2.45) is 5.84 Å². The lowest BCUT2D eigenvalue weighted by Crippen LogP contribution is -2.34. The van der Waals surface area contributed by atoms with E-state index in [1.54, 1.807) is 11.2 Å². The van der Waals surface area contributed by atoms with Gasteiger partial charge in [-0.05, 0) is 60.9 Å². The Labute approximate surface area is 277 Å². The monoisotopic (exact) mass is 651 g/mol. The van der Waals surface area contributed by atoms with Crippen LogP contribution in [0.15, 0.2) is 102 Å². The topological polar surface area (TPSA) is 106 Å². The molecule has 0 saturated heterocycles. The summed E-state index contributed by atoms with van der Waals surface area (Å²) in [5, 5.41) is 8.30. The summed E-state index contributed by atoms with van der Waals surface area (Å²) in [7, 11) is 1.50. The van der Waals surface area contributed by atoms with Gasteiger partial charge in [-0.2, -0.15) is 0 Å². The molecule has 0 aliphatic heterocycles. The van der Waals surface area contributed by atoms with Crippen molar-refractivity contribution < 1.29 is 18.7 Å². The molecule has 4 N–H and O–H groups in total. The summed E-state index contributed by atoms with van der Waals surface area (Å²) in [5.41, 5.74) is 5.99. The summed E-state index contributed by atoms with van der Waals surface area (Å²) < 4.78 is 22.6. The number of carbonyl (C=O) groups excluding carboxylic acids is 1. The number of aromatic nitrogens is 2. The molecule has 1 aliphatic rings. The van der Waals surface area contributed by atoms with Gasteiger partial charge in [-0.3, -0.25) is 9.80 Å². The molecular formula is C36H50FN5O3S. The molecule has 1 aliphatic carbocycles. The number of thiazole rings is 1. The number of hydrogen-bond acceptors (Lipinski definition) is 7. The molecule has 0 unspecified atom stereocenters. The molecule has 250 valence electrons. The minimum atomic E-state index is -0.372. The van der Waals surface area contributed by atoms with Crippen molar-refractivity contribution in [2.45, 2.75) is 53.9 Å². The fourth-order valence-corrected chi connectivity index (χ4v) is 4.79. The number of nitrogens with one attached hydrogen (secondary N) is 2. The van der Waals surface area contributed by atoms with Gasteiger partial charge in [-0.1, -0.05) is 64.1 Å². The highest BCUT2D eigenvalue weighted by atomic mass is 32.1. The highest BCUT2D eigenvalue weighted by molar-refractivity contribution is 7.13. The van der Waals surface area contributed by atoms with Gasteiger partial charge >= 0.3 is 0 Å². The van der Waals surface area contributed by atoms with Crippen LogP contribution in [0.4, 0.5) is 9.52 Å². The van der Waals surface area contributed by atoms with Crippen LogP contribution in [0.5, 0.6) is 0 Å². The fraction of sp³-hybridized carbons (Fsp3) is 0.333. The molecule has 1 amide bonds. The van der Waals surface area contributed by atoms with Crippen LogP contribution < -0.4 is 16.2 Å². The number of aromatic amines is 1. The van der Waals surface area contributed by atoms with E-state index in [-0.39, 0.29) is 5.83 Å². The number of carbonyl (C=O) groups is 1. The zero-order valence-corrected chi connectivity index (χ0v) is 28.8. The average molecular weight is 652 g/mol. The van der Waals surface area contributed by atoms with Crippen molar-refractivity contribution in [3.8, 4) is 0 Å². The summed E-state index contributed by atoms with van der Waals surface area (Å²) in [6, 6.07) is 6.45. The number of aryl methyl sites for hydroxylation is 1. The number of allylic oxidation sites excluding steroid dienone is 9. The fourth-order valence-electron chi connectivity index (χ4n) is 4.20. The van der Waals surface area contributed by atoms with E-state index in [9.17, 15) is 9.18 Å². The number of nitrogens with two attached hydrogens (primary N) is 1. The number of halogens is 1. The second-order valence-electron chi connectivity index (χ2n) is 9.29. The predicted molar refractivity (Wildman–Crippen MR) is 192 cm³/mol. The zero-order chi connectivity index (χ0) is 34.2.